The van der Waals surface area contributed by atoms with Gasteiger partial charge in [0.25, 0.3) is 0 Å². The van der Waals surface area contributed by atoms with Crippen molar-refractivity contribution >= 4 is 5.96 Å². The minimum atomic E-state index is 0.178. The van der Waals surface area contributed by atoms with Crippen LogP contribution in [0.2, 0.25) is 0 Å². The van der Waals surface area contributed by atoms with Gasteiger partial charge in [-0.2, -0.15) is 0 Å². The van der Waals surface area contributed by atoms with Crippen molar-refractivity contribution in [2.45, 2.75) is 217 Å². The van der Waals surface area contributed by atoms with Gasteiger partial charge in [-0.25, -0.2) is 4.99 Å². The maximum absolute atomic E-state index is 5.85. The first-order valence-electron chi connectivity index (χ1n) is 25.2. The number of nitrogens with zero attached hydrogens (tertiary/aromatic N) is 2. The van der Waals surface area contributed by atoms with Crippen LogP contribution in [0.5, 0.6) is 0 Å². The summed E-state index contributed by atoms with van der Waals surface area (Å²) in [6, 6.07) is 2.95. The van der Waals surface area contributed by atoms with Crippen molar-refractivity contribution in [3.05, 3.63) is 23.3 Å². The molecule has 55 heavy (non-hydrogen) atoms. The van der Waals surface area contributed by atoms with Gasteiger partial charge in [0.05, 0.1) is 6.17 Å². The number of hydrogen-bond acceptors (Lipinski definition) is 5. The van der Waals surface area contributed by atoms with Crippen LogP contribution in [-0.2, 0) is 0 Å². The van der Waals surface area contributed by atoms with Gasteiger partial charge in [-0.1, -0.05) is 88.9 Å². The molecule has 0 radical (unpaired) electrons. The van der Waals surface area contributed by atoms with E-state index < -0.39 is 0 Å². The van der Waals surface area contributed by atoms with Gasteiger partial charge < -0.3 is 15.5 Å². The summed E-state index contributed by atoms with van der Waals surface area (Å²) in [5.74, 6) is 11.2. The summed E-state index contributed by atoms with van der Waals surface area (Å²) in [6.07, 6.45) is 44.9. The summed E-state index contributed by atoms with van der Waals surface area (Å²) in [6.45, 7) is 2.56. The van der Waals surface area contributed by atoms with Crippen molar-refractivity contribution in [2.75, 3.05) is 0 Å². The van der Waals surface area contributed by atoms with Crippen molar-refractivity contribution in [2.24, 2.45) is 70.1 Å². The van der Waals surface area contributed by atoms with E-state index in [9.17, 15) is 0 Å². The van der Waals surface area contributed by atoms with E-state index in [4.69, 9.17) is 4.99 Å². The third-order valence-electron chi connectivity index (χ3n) is 19.5. The van der Waals surface area contributed by atoms with E-state index in [2.05, 4.69) is 39.9 Å². The van der Waals surface area contributed by atoms with Crippen LogP contribution in [0.4, 0.5) is 0 Å². The predicted octanol–water partition coefficient (Wildman–Crippen LogP) is 10.9. The molecule has 0 aromatic rings. The van der Waals surface area contributed by atoms with Crippen molar-refractivity contribution < 1.29 is 0 Å². The molecule has 0 spiro atoms. The molecule has 11 aliphatic rings. The SMILES string of the molecule is CC1CCC2C3CC(C4=CC5C(CC4)NC4CCCCC45)CCC3N(C3=NC(C4=CCC(C5CCC6CCCCC6C5)CC4)NC(C4CCCCC4)N3)C2C1. The van der Waals surface area contributed by atoms with E-state index in [1.54, 1.807) is 12.0 Å². The number of rotatable bonds is 4. The summed E-state index contributed by atoms with van der Waals surface area (Å²) >= 11 is 0. The van der Waals surface area contributed by atoms with Gasteiger partial charge in [0.15, 0.2) is 5.96 Å². The molecule has 3 heterocycles. The normalized spacial score (nSPS) is 48.9. The molecule has 3 aliphatic heterocycles. The van der Waals surface area contributed by atoms with Crippen LogP contribution >= 0.6 is 0 Å². The standard InChI is InChI=1S/C50H79N5/c1-31-15-24-41-43-30-39(38-22-25-45-42(29-38)40-13-7-8-14-44(40)51-45)23-26-46(43)55(47(41)27-31)50-53-48(34-10-3-2-4-11-34)52-49(54-50)35-19-16-33(17-20-35)37-21-18-32-9-5-6-12-36(32)28-37/h19,29,31-34,36-37,39-49,51-52H,2-18,20-28,30H2,1H3,(H,53,54). The molecule has 2 saturated heterocycles. The first-order valence-corrected chi connectivity index (χ1v) is 25.2. The average molecular weight is 750 g/mol. The molecule has 0 aromatic carbocycles. The zero-order chi connectivity index (χ0) is 36.5. The van der Waals surface area contributed by atoms with Crippen LogP contribution < -0.4 is 16.0 Å². The molecule has 0 amide bonds. The molecule has 8 fully saturated rings. The van der Waals surface area contributed by atoms with Gasteiger partial charge in [-0.15, -0.1) is 0 Å². The highest BCUT2D eigenvalue weighted by Crippen LogP contribution is 2.55. The van der Waals surface area contributed by atoms with E-state index in [0.717, 1.165) is 77.2 Å². The predicted molar refractivity (Wildman–Crippen MR) is 226 cm³/mol. The van der Waals surface area contributed by atoms with E-state index in [-0.39, 0.29) is 6.17 Å². The molecule has 5 heteroatoms. The zero-order valence-electron chi connectivity index (χ0n) is 35.0. The fourth-order valence-corrected chi connectivity index (χ4v) is 16.6. The third kappa shape index (κ3) is 7.03. The van der Waals surface area contributed by atoms with Crippen LogP contribution in [0.1, 0.15) is 180 Å². The second-order valence-electron chi connectivity index (χ2n) is 22.2. The number of fused-ring (bicyclic) bond motifs is 7. The highest BCUT2D eigenvalue weighted by molar-refractivity contribution is 5.82. The molecular weight excluding hydrogens is 671 g/mol. The number of guanidine groups is 1. The minimum absolute atomic E-state index is 0.178. The van der Waals surface area contributed by atoms with E-state index in [1.165, 1.54) is 173 Å². The van der Waals surface area contributed by atoms with E-state index in [1.807, 2.05) is 5.57 Å². The molecule has 5 nitrogen and oxygen atoms in total. The molecule has 8 aliphatic carbocycles. The maximum atomic E-state index is 5.85. The number of hydrogen-bond donors (Lipinski definition) is 3. The van der Waals surface area contributed by atoms with Crippen LogP contribution in [0, 0.1) is 65.1 Å². The summed E-state index contributed by atoms with van der Waals surface area (Å²) in [5.41, 5.74) is 3.54. The lowest BCUT2D eigenvalue weighted by Gasteiger charge is -2.46. The number of nitrogens with one attached hydrogen (secondary N) is 3. The van der Waals surface area contributed by atoms with Crippen molar-refractivity contribution in [1.82, 2.24) is 20.9 Å². The lowest BCUT2D eigenvalue weighted by molar-refractivity contribution is 0.0948. The Morgan fingerprint density at radius 2 is 1.35 bits per heavy atom. The number of likely N-dealkylation sites (tertiary alicyclic amines) is 1. The lowest BCUT2D eigenvalue weighted by atomic mass is 9.63. The maximum Gasteiger partial charge on any atom is 0.197 e. The minimum Gasteiger partial charge on any atom is -0.340 e. The highest BCUT2D eigenvalue weighted by Gasteiger charge is 2.55. The van der Waals surface area contributed by atoms with Gasteiger partial charge >= 0.3 is 0 Å². The van der Waals surface area contributed by atoms with E-state index in [0.29, 0.717) is 18.2 Å². The molecule has 3 N–H and O–H groups in total. The van der Waals surface area contributed by atoms with Gasteiger partial charge in [-0.05, 0) is 180 Å². The summed E-state index contributed by atoms with van der Waals surface area (Å²) in [7, 11) is 0. The second kappa shape index (κ2) is 15.7. The fourth-order valence-electron chi connectivity index (χ4n) is 16.6. The van der Waals surface area contributed by atoms with Crippen LogP contribution in [0.3, 0.4) is 0 Å². The largest absolute Gasteiger partial charge is 0.340 e. The Balaban J connectivity index is 0.839. The number of aliphatic imine (C=N–C) groups is 1. The zero-order valence-corrected chi connectivity index (χ0v) is 35.0. The third-order valence-corrected chi connectivity index (χ3v) is 19.5. The molecular formula is C50H79N5. The fraction of sp³-hybridized carbons (Fsp3) is 0.900. The van der Waals surface area contributed by atoms with Crippen LogP contribution in [0.15, 0.2) is 28.3 Å². The molecule has 0 bridgehead atoms. The first-order chi connectivity index (χ1) is 27.1. The second-order valence-corrected chi connectivity index (χ2v) is 22.2. The van der Waals surface area contributed by atoms with Gasteiger partial charge in [0, 0.05) is 24.2 Å². The van der Waals surface area contributed by atoms with Crippen molar-refractivity contribution in [1.29, 1.82) is 0 Å². The van der Waals surface area contributed by atoms with Gasteiger partial charge in [-0.3, -0.25) is 5.32 Å². The molecule has 16 unspecified atom stereocenters. The monoisotopic (exact) mass is 750 g/mol. The van der Waals surface area contributed by atoms with Crippen molar-refractivity contribution in [3.63, 3.8) is 0 Å². The van der Waals surface area contributed by atoms with Crippen LogP contribution in [0.25, 0.3) is 0 Å². The molecule has 6 saturated carbocycles. The first kappa shape index (κ1) is 36.7. The average Bonchev–Trinajstić information content (AvgIpc) is 3.78. The quantitative estimate of drug-likeness (QED) is 0.251. The number of allylic oxidation sites excluding steroid dienone is 2. The smallest absolute Gasteiger partial charge is 0.197 e. The van der Waals surface area contributed by atoms with Crippen LogP contribution in [-0.4, -0.2) is 47.4 Å². The Morgan fingerprint density at radius 3 is 2.24 bits per heavy atom. The van der Waals surface area contributed by atoms with Gasteiger partial charge in [0.1, 0.15) is 6.17 Å². The van der Waals surface area contributed by atoms with Crippen molar-refractivity contribution in [3.8, 4) is 0 Å². The van der Waals surface area contributed by atoms with Gasteiger partial charge in [0.2, 0.25) is 0 Å². The Morgan fingerprint density at radius 1 is 0.564 bits per heavy atom. The Bertz CT molecular complexity index is 1460. The Hall–Kier alpha value is -1.33. The lowest BCUT2D eigenvalue weighted by Crippen LogP contribution is -2.64. The molecule has 0 aromatic heterocycles. The Labute approximate surface area is 335 Å². The molecule has 11 rings (SSSR count). The molecule has 304 valence electrons. The summed E-state index contributed by atoms with van der Waals surface area (Å²) in [5, 5.41) is 12.6. The summed E-state index contributed by atoms with van der Waals surface area (Å²) < 4.78 is 0. The van der Waals surface area contributed by atoms with E-state index >= 15 is 0 Å². The Kier molecular flexibility index (Phi) is 10.5. The summed E-state index contributed by atoms with van der Waals surface area (Å²) in [4.78, 5) is 8.86. The molecule has 16 atom stereocenters. The highest BCUT2D eigenvalue weighted by atomic mass is 15.4. The topological polar surface area (TPSA) is 51.7 Å².